The van der Waals surface area contributed by atoms with Crippen molar-refractivity contribution in [1.29, 1.82) is 0 Å². The van der Waals surface area contributed by atoms with Crippen molar-refractivity contribution in [1.82, 2.24) is 4.98 Å². The molecule has 1 heteroatoms. The first kappa shape index (κ1) is 9.15. The van der Waals surface area contributed by atoms with Gasteiger partial charge in [-0.3, -0.25) is 4.98 Å². The average molecular weight is 137 g/mol. The lowest BCUT2D eigenvalue weighted by Gasteiger charge is -1.88. The summed E-state index contributed by atoms with van der Waals surface area (Å²) in [6.07, 6.45) is 2.85. The van der Waals surface area contributed by atoms with E-state index in [1.54, 1.807) is 0 Å². The molecule has 0 saturated heterocycles. The van der Waals surface area contributed by atoms with Gasteiger partial charge in [0, 0.05) is 11.9 Å². The Hall–Kier alpha value is -0.850. The van der Waals surface area contributed by atoms with Gasteiger partial charge in [-0.15, -0.1) is 0 Å². The highest BCUT2D eigenvalue weighted by molar-refractivity contribution is 5.02. The van der Waals surface area contributed by atoms with Crippen molar-refractivity contribution in [2.45, 2.75) is 27.2 Å². The first-order valence-corrected chi connectivity index (χ1v) is 3.83. The van der Waals surface area contributed by atoms with E-state index in [2.05, 4.69) is 11.9 Å². The van der Waals surface area contributed by atoms with E-state index in [4.69, 9.17) is 0 Å². The molecule has 56 valence electrons. The number of hydrogen-bond donors (Lipinski definition) is 0. The Morgan fingerprint density at radius 3 is 2.30 bits per heavy atom. The van der Waals surface area contributed by atoms with Gasteiger partial charge < -0.3 is 0 Å². The van der Waals surface area contributed by atoms with Crippen molar-refractivity contribution in [3.63, 3.8) is 0 Å². The summed E-state index contributed by atoms with van der Waals surface area (Å²) < 4.78 is 0. The third-order valence-corrected chi connectivity index (χ3v) is 1.09. The molecular formula is C9H15N. The summed E-state index contributed by atoms with van der Waals surface area (Å²) in [6, 6.07) is 5.96. The number of rotatable bonds is 1. The van der Waals surface area contributed by atoms with E-state index < -0.39 is 0 Å². The highest BCUT2D eigenvalue weighted by Gasteiger charge is 1.81. The lowest BCUT2D eigenvalue weighted by Crippen LogP contribution is -1.81. The summed E-state index contributed by atoms with van der Waals surface area (Å²) in [5.74, 6) is 0. The normalized spacial score (nSPS) is 7.90. The summed E-state index contributed by atoms with van der Waals surface area (Å²) in [6.45, 7) is 6.10. The Balaban J connectivity index is 0.000000371. The predicted molar refractivity (Wildman–Crippen MR) is 45.0 cm³/mol. The molecule has 1 aromatic rings. The minimum atomic E-state index is 1.03. The molecule has 0 unspecified atom stereocenters. The number of pyridine rings is 1. The average Bonchev–Trinajstić information content (AvgIpc) is 2.10. The van der Waals surface area contributed by atoms with Crippen molar-refractivity contribution in [2.24, 2.45) is 0 Å². The number of nitrogens with zero attached hydrogens (tertiary/aromatic N) is 1. The van der Waals surface area contributed by atoms with E-state index in [0.29, 0.717) is 0 Å². The Labute approximate surface area is 63.1 Å². The van der Waals surface area contributed by atoms with Gasteiger partial charge in [0.1, 0.15) is 0 Å². The molecule has 0 radical (unpaired) electrons. The van der Waals surface area contributed by atoms with Crippen molar-refractivity contribution in [3.8, 4) is 0 Å². The molecule has 0 aliphatic rings. The predicted octanol–water partition coefficient (Wildman–Crippen LogP) is 2.67. The van der Waals surface area contributed by atoms with Gasteiger partial charge in [-0.1, -0.05) is 26.8 Å². The van der Waals surface area contributed by atoms with E-state index in [9.17, 15) is 0 Å². The first-order chi connectivity index (χ1) is 4.93. The van der Waals surface area contributed by atoms with Crippen molar-refractivity contribution in [3.05, 3.63) is 30.1 Å². The lowest BCUT2D eigenvalue weighted by molar-refractivity contribution is 1.04. The fraction of sp³-hybridized carbons (Fsp3) is 0.444. The van der Waals surface area contributed by atoms with Gasteiger partial charge in [0.25, 0.3) is 0 Å². The van der Waals surface area contributed by atoms with Gasteiger partial charge in [0.05, 0.1) is 0 Å². The zero-order chi connectivity index (χ0) is 7.82. The highest BCUT2D eigenvalue weighted by Crippen LogP contribution is 1.91. The molecule has 0 spiro atoms. The molecular weight excluding hydrogens is 122 g/mol. The second-order valence-electron chi connectivity index (χ2n) is 1.67. The van der Waals surface area contributed by atoms with Gasteiger partial charge in [0.2, 0.25) is 0 Å². The fourth-order valence-electron chi connectivity index (χ4n) is 0.607. The maximum atomic E-state index is 4.10. The molecule has 1 aromatic heterocycles. The van der Waals surface area contributed by atoms with Crippen LogP contribution >= 0.6 is 0 Å². The quantitative estimate of drug-likeness (QED) is 0.580. The van der Waals surface area contributed by atoms with Crippen LogP contribution in [0.4, 0.5) is 0 Å². The third kappa shape index (κ3) is 3.23. The summed E-state index contributed by atoms with van der Waals surface area (Å²) in [7, 11) is 0. The van der Waals surface area contributed by atoms with Crippen LogP contribution in [0.25, 0.3) is 0 Å². The van der Waals surface area contributed by atoms with E-state index >= 15 is 0 Å². The van der Waals surface area contributed by atoms with E-state index in [-0.39, 0.29) is 0 Å². The largest absolute Gasteiger partial charge is 0.261 e. The Morgan fingerprint density at radius 1 is 1.30 bits per heavy atom. The minimum Gasteiger partial charge on any atom is -0.261 e. The highest BCUT2D eigenvalue weighted by atomic mass is 14.6. The van der Waals surface area contributed by atoms with Gasteiger partial charge >= 0.3 is 0 Å². The minimum absolute atomic E-state index is 1.03. The fourth-order valence-corrected chi connectivity index (χ4v) is 0.607. The monoisotopic (exact) mass is 137 g/mol. The van der Waals surface area contributed by atoms with Crippen LogP contribution in [-0.2, 0) is 6.42 Å². The van der Waals surface area contributed by atoms with Crippen LogP contribution in [0.1, 0.15) is 26.5 Å². The van der Waals surface area contributed by atoms with Crippen LogP contribution < -0.4 is 0 Å². The first-order valence-electron chi connectivity index (χ1n) is 3.83. The second-order valence-corrected chi connectivity index (χ2v) is 1.67. The summed E-state index contributed by atoms with van der Waals surface area (Å²) in [5.41, 5.74) is 1.16. The van der Waals surface area contributed by atoms with Gasteiger partial charge in [-0.2, -0.15) is 0 Å². The van der Waals surface area contributed by atoms with Gasteiger partial charge in [-0.25, -0.2) is 0 Å². The molecule has 1 nitrogen and oxygen atoms in total. The number of aryl methyl sites for hydroxylation is 1. The zero-order valence-corrected chi connectivity index (χ0v) is 6.96. The Kier molecular flexibility index (Phi) is 5.74. The van der Waals surface area contributed by atoms with Crippen LogP contribution in [0.2, 0.25) is 0 Å². The van der Waals surface area contributed by atoms with Crippen LogP contribution in [0.3, 0.4) is 0 Å². The summed E-state index contributed by atoms with van der Waals surface area (Å²) in [5, 5.41) is 0. The SMILES string of the molecule is CC.CCc1ccccn1. The van der Waals surface area contributed by atoms with Crippen LogP contribution in [0, 0.1) is 0 Å². The lowest BCUT2D eigenvalue weighted by atomic mass is 10.3. The van der Waals surface area contributed by atoms with E-state index in [0.717, 1.165) is 12.1 Å². The van der Waals surface area contributed by atoms with Crippen molar-refractivity contribution < 1.29 is 0 Å². The van der Waals surface area contributed by atoms with Crippen molar-refractivity contribution >= 4 is 0 Å². The molecule has 0 bridgehead atoms. The standard InChI is InChI=1S/C7H9N.C2H6/c1-2-7-5-3-4-6-8-7;1-2/h3-6H,2H2,1H3;1-2H3. The molecule has 0 aliphatic heterocycles. The van der Waals surface area contributed by atoms with Crippen LogP contribution in [0.15, 0.2) is 24.4 Å². The van der Waals surface area contributed by atoms with Crippen LogP contribution in [0.5, 0.6) is 0 Å². The molecule has 1 heterocycles. The molecule has 0 aliphatic carbocycles. The second kappa shape index (κ2) is 6.27. The maximum absolute atomic E-state index is 4.10. The van der Waals surface area contributed by atoms with Gasteiger partial charge in [-0.05, 0) is 18.6 Å². The van der Waals surface area contributed by atoms with Crippen molar-refractivity contribution in [2.75, 3.05) is 0 Å². The molecule has 0 saturated carbocycles. The molecule has 10 heavy (non-hydrogen) atoms. The molecule has 0 N–H and O–H groups in total. The molecule has 0 amide bonds. The molecule has 1 rings (SSSR count). The molecule has 0 aromatic carbocycles. The number of aromatic nitrogens is 1. The topological polar surface area (TPSA) is 12.9 Å². The third-order valence-electron chi connectivity index (χ3n) is 1.09. The van der Waals surface area contributed by atoms with E-state index in [1.807, 2.05) is 38.2 Å². The van der Waals surface area contributed by atoms with Crippen LogP contribution in [-0.4, -0.2) is 4.98 Å². The molecule has 0 atom stereocenters. The summed E-state index contributed by atoms with van der Waals surface area (Å²) >= 11 is 0. The van der Waals surface area contributed by atoms with E-state index in [1.165, 1.54) is 0 Å². The smallest absolute Gasteiger partial charge is 0.0400 e. The zero-order valence-electron chi connectivity index (χ0n) is 6.96. The summed E-state index contributed by atoms with van der Waals surface area (Å²) in [4.78, 5) is 4.10. The maximum Gasteiger partial charge on any atom is 0.0400 e. The Bertz CT molecular complexity index is 146. The van der Waals surface area contributed by atoms with Gasteiger partial charge in [0.15, 0.2) is 0 Å². The molecule has 0 fully saturated rings. The number of hydrogen-bond acceptors (Lipinski definition) is 1. The Morgan fingerprint density at radius 2 is 2.00 bits per heavy atom.